The molecular weight excluding hydrogens is 247 g/mol. The van der Waals surface area contributed by atoms with Gasteiger partial charge < -0.3 is 11.1 Å². The summed E-state index contributed by atoms with van der Waals surface area (Å²) in [5.41, 5.74) is 4.11. The Morgan fingerprint density at radius 1 is 1.39 bits per heavy atom. The van der Waals surface area contributed by atoms with E-state index in [4.69, 9.17) is 5.73 Å². The fourth-order valence-electron chi connectivity index (χ4n) is 1.11. The van der Waals surface area contributed by atoms with E-state index < -0.39 is 23.3 Å². The molecule has 3 N–H and O–H groups in total. The predicted octanol–water partition coefficient (Wildman–Crippen LogP) is 1.57. The van der Waals surface area contributed by atoms with Crippen molar-refractivity contribution in [2.24, 2.45) is 5.73 Å². The number of pyridine rings is 1. The van der Waals surface area contributed by atoms with Gasteiger partial charge in [-0.2, -0.15) is 13.2 Å². The van der Waals surface area contributed by atoms with Crippen LogP contribution in [0.4, 0.5) is 13.2 Å². The van der Waals surface area contributed by atoms with Gasteiger partial charge in [0, 0.05) is 18.3 Å². The van der Waals surface area contributed by atoms with Crippen LogP contribution in [0.5, 0.6) is 0 Å². The fourth-order valence-corrected chi connectivity index (χ4v) is 1.11. The lowest BCUT2D eigenvalue weighted by molar-refractivity contribution is -0.141. The standard InChI is InChI=1S/C11H14F3N3O/c1-10(2,15)6-17-9(18)7-3-4-8(16-5-7)11(12,13)14/h3-5H,6,15H2,1-2H3,(H,17,18). The lowest BCUT2D eigenvalue weighted by Crippen LogP contribution is -2.45. The van der Waals surface area contributed by atoms with Gasteiger partial charge in [-0.1, -0.05) is 0 Å². The van der Waals surface area contributed by atoms with Crippen molar-refractivity contribution < 1.29 is 18.0 Å². The molecule has 100 valence electrons. The number of nitrogens with zero attached hydrogens (tertiary/aromatic N) is 1. The van der Waals surface area contributed by atoms with Crippen LogP contribution in [0.15, 0.2) is 18.3 Å². The summed E-state index contributed by atoms with van der Waals surface area (Å²) in [6.45, 7) is 3.66. The Labute approximate surface area is 102 Å². The van der Waals surface area contributed by atoms with Gasteiger partial charge in [0.2, 0.25) is 0 Å². The molecule has 1 aromatic rings. The van der Waals surface area contributed by atoms with Crippen LogP contribution in [0, 0.1) is 0 Å². The number of halogens is 3. The van der Waals surface area contributed by atoms with E-state index in [1.807, 2.05) is 0 Å². The van der Waals surface area contributed by atoms with Crippen LogP contribution in [0.2, 0.25) is 0 Å². The van der Waals surface area contributed by atoms with E-state index in [0.717, 1.165) is 18.3 Å². The van der Waals surface area contributed by atoms with E-state index in [2.05, 4.69) is 10.3 Å². The van der Waals surface area contributed by atoms with Crippen LogP contribution in [0.3, 0.4) is 0 Å². The monoisotopic (exact) mass is 261 g/mol. The first-order valence-electron chi connectivity index (χ1n) is 5.20. The third-order valence-corrected chi connectivity index (χ3v) is 2.02. The molecule has 0 fully saturated rings. The average molecular weight is 261 g/mol. The number of rotatable bonds is 3. The molecular formula is C11H14F3N3O. The molecule has 7 heteroatoms. The number of nitrogens with two attached hydrogens (primary N) is 1. The Bertz CT molecular complexity index is 421. The molecule has 1 rings (SSSR count). The molecule has 0 unspecified atom stereocenters. The van der Waals surface area contributed by atoms with Gasteiger partial charge in [-0.3, -0.25) is 9.78 Å². The van der Waals surface area contributed by atoms with Gasteiger partial charge in [-0.25, -0.2) is 0 Å². The van der Waals surface area contributed by atoms with Crippen molar-refractivity contribution in [3.05, 3.63) is 29.6 Å². The smallest absolute Gasteiger partial charge is 0.350 e. The average Bonchev–Trinajstić information content (AvgIpc) is 2.24. The zero-order valence-corrected chi connectivity index (χ0v) is 10.0. The Balaban J connectivity index is 2.71. The van der Waals surface area contributed by atoms with Gasteiger partial charge in [-0.15, -0.1) is 0 Å². The number of hydrogen-bond donors (Lipinski definition) is 2. The molecule has 0 atom stereocenters. The summed E-state index contributed by atoms with van der Waals surface area (Å²) >= 11 is 0. The zero-order chi connectivity index (χ0) is 14.0. The van der Waals surface area contributed by atoms with E-state index in [-0.39, 0.29) is 12.1 Å². The van der Waals surface area contributed by atoms with Crippen LogP contribution >= 0.6 is 0 Å². The van der Waals surface area contributed by atoms with E-state index >= 15 is 0 Å². The van der Waals surface area contributed by atoms with Gasteiger partial charge >= 0.3 is 6.18 Å². The van der Waals surface area contributed by atoms with Crippen molar-refractivity contribution in [1.82, 2.24) is 10.3 Å². The summed E-state index contributed by atoms with van der Waals surface area (Å²) in [5, 5.41) is 2.51. The number of carbonyl (C=O) groups excluding carboxylic acids is 1. The molecule has 0 aliphatic heterocycles. The molecule has 0 aliphatic carbocycles. The van der Waals surface area contributed by atoms with Crippen LogP contribution in [0.25, 0.3) is 0 Å². The molecule has 0 aliphatic rings. The van der Waals surface area contributed by atoms with Crippen LogP contribution in [0.1, 0.15) is 29.9 Å². The summed E-state index contributed by atoms with van der Waals surface area (Å²) < 4.78 is 36.7. The molecule has 1 amide bonds. The summed E-state index contributed by atoms with van der Waals surface area (Å²) in [6, 6.07) is 1.84. The van der Waals surface area contributed by atoms with Crippen molar-refractivity contribution in [1.29, 1.82) is 0 Å². The minimum Gasteiger partial charge on any atom is -0.350 e. The lowest BCUT2D eigenvalue weighted by atomic mass is 10.1. The minimum absolute atomic E-state index is 0.0623. The first-order valence-corrected chi connectivity index (χ1v) is 5.20. The SMILES string of the molecule is CC(C)(N)CNC(=O)c1ccc(C(F)(F)F)nc1. The summed E-state index contributed by atoms with van der Waals surface area (Å²) in [6.07, 6.45) is -3.62. The highest BCUT2D eigenvalue weighted by Crippen LogP contribution is 2.27. The third-order valence-electron chi connectivity index (χ3n) is 2.02. The maximum atomic E-state index is 12.2. The Kier molecular flexibility index (Phi) is 3.95. The van der Waals surface area contributed by atoms with Crippen molar-refractivity contribution in [3.8, 4) is 0 Å². The number of hydrogen-bond acceptors (Lipinski definition) is 3. The maximum Gasteiger partial charge on any atom is 0.433 e. The number of nitrogens with one attached hydrogen (secondary N) is 1. The maximum absolute atomic E-state index is 12.2. The first kappa shape index (κ1) is 14.4. The van der Waals surface area contributed by atoms with Gasteiger partial charge in [0.15, 0.2) is 0 Å². The van der Waals surface area contributed by atoms with Crippen LogP contribution in [-0.2, 0) is 6.18 Å². The summed E-state index contributed by atoms with van der Waals surface area (Å²) in [7, 11) is 0. The number of aromatic nitrogens is 1. The van der Waals surface area contributed by atoms with Gasteiger partial charge in [0.1, 0.15) is 5.69 Å². The molecule has 0 spiro atoms. The Hall–Kier alpha value is -1.63. The van der Waals surface area contributed by atoms with Crippen molar-refractivity contribution in [3.63, 3.8) is 0 Å². The van der Waals surface area contributed by atoms with Crippen LogP contribution < -0.4 is 11.1 Å². The van der Waals surface area contributed by atoms with E-state index in [1.165, 1.54) is 0 Å². The lowest BCUT2D eigenvalue weighted by Gasteiger charge is -2.18. The molecule has 0 bridgehead atoms. The number of carbonyl (C=O) groups is 1. The Morgan fingerprint density at radius 3 is 2.39 bits per heavy atom. The van der Waals surface area contributed by atoms with Crippen molar-refractivity contribution >= 4 is 5.91 Å². The molecule has 18 heavy (non-hydrogen) atoms. The second kappa shape index (κ2) is 4.93. The summed E-state index contributed by atoms with van der Waals surface area (Å²) in [4.78, 5) is 14.8. The van der Waals surface area contributed by atoms with Crippen molar-refractivity contribution in [2.45, 2.75) is 25.6 Å². The molecule has 1 aromatic heterocycles. The van der Waals surface area contributed by atoms with E-state index in [1.54, 1.807) is 13.8 Å². The molecule has 0 saturated heterocycles. The summed E-state index contributed by atoms with van der Waals surface area (Å²) in [5.74, 6) is -0.505. The molecule has 1 heterocycles. The van der Waals surface area contributed by atoms with Crippen molar-refractivity contribution in [2.75, 3.05) is 6.54 Å². The normalized spacial score (nSPS) is 12.3. The highest BCUT2D eigenvalue weighted by Gasteiger charge is 2.32. The largest absolute Gasteiger partial charge is 0.433 e. The minimum atomic E-state index is -4.51. The van der Waals surface area contributed by atoms with Crippen LogP contribution in [-0.4, -0.2) is 23.0 Å². The molecule has 0 saturated carbocycles. The van der Waals surface area contributed by atoms with Gasteiger partial charge in [0.25, 0.3) is 5.91 Å². The fraction of sp³-hybridized carbons (Fsp3) is 0.455. The second-order valence-electron chi connectivity index (χ2n) is 4.60. The highest BCUT2D eigenvalue weighted by atomic mass is 19.4. The Morgan fingerprint density at radius 2 is 2.00 bits per heavy atom. The third kappa shape index (κ3) is 4.33. The second-order valence-corrected chi connectivity index (χ2v) is 4.60. The first-order chi connectivity index (χ1) is 8.09. The number of alkyl halides is 3. The van der Waals surface area contributed by atoms with Gasteiger partial charge in [0.05, 0.1) is 5.56 Å². The number of amides is 1. The molecule has 0 radical (unpaired) electrons. The molecule has 0 aromatic carbocycles. The van der Waals surface area contributed by atoms with E-state index in [9.17, 15) is 18.0 Å². The quantitative estimate of drug-likeness (QED) is 0.867. The van der Waals surface area contributed by atoms with Gasteiger partial charge in [-0.05, 0) is 26.0 Å². The predicted molar refractivity (Wildman–Crippen MR) is 59.8 cm³/mol. The van der Waals surface area contributed by atoms with E-state index in [0.29, 0.717) is 0 Å². The topological polar surface area (TPSA) is 68.0 Å². The zero-order valence-electron chi connectivity index (χ0n) is 10.0. The molecule has 4 nitrogen and oxygen atoms in total. The highest BCUT2D eigenvalue weighted by molar-refractivity contribution is 5.93.